The van der Waals surface area contributed by atoms with E-state index in [1.165, 1.54) is 6.20 Å². The molecule has 0 radical (unpaired) electrons. The number of amides is 1. The Morgan fingerprint density at radius 2 is 2.58 bits per heavy atom. The first-order chi connectivity index (χ1) is 5.75. The molecule has 0 aliphatic carbocycles. The van der Waals surface area contributed by atoms with E-state index >= 15 is 0 Å². The van der Waals surface area contributed by atoms with E-state index in [0.717, 1.165) is 0 Å². The SMILES string of the molecule is Nc1cn[nH]c1C(=O)NCCO. The van der Waals surface area contributed by atoms with Crippen LogP contribution in [0.5, 0.6) is 0 Å². The minimum atomic E-state index is -0.362. The maximum Gasteiger partial charge on any atom is 0.271 e. The largest absolute Gasteiger partial charge is 0.396 e. The average Bonchev–Trinajstić information content (AvgIpc) is 2.47. The van der Waals surface area contributed by atoms with Crippen LogP contribution in [0.3, 0.4) is 0 Å². The first kappa shape index (κ1) is 8.54. The number of hydrogen-bond acceptors (Lipinski definition) is 4. The van der Waals surface area contributed by atoms with Crippen molar-refractivity contribution in [1.82, 2.24) is 15.5 Å². The molecule has 0 bridgehead atoms. The Morgan fingerprint density at radius 1 is 1.83 bits per heavy atom. The highest BCUT2D eigenvalue weighted by Crippen LogP contribution is 2.04. The number of nitrogen functional groups attached to an aromatic ring is 1. The summed E-state index contributed by atoms with van der Waals surface area (Å²) in [6.45, 7) is 0.108. The van der Waals surface area contributed by atoms with Gasteiger partial charge < -0.3 is 16.2 Å². The molecule has 1 heterocycles. The van der Waals surface area contributed by atoms with Crippen molar-refractivity contribution in [3.05, 3.63) is 11.9 Å². The zero-order chi connectivity index (χ0) is 8.97. The normalized spacial score (nSPS) is 9.75. The van der Waals surface area contributed by atoms with Crippen molar-refractivity contribution < 1.29 is 9.90 Å². The molecule has 1 amide bonds. The number of hydrogen-bond donors (Lipinski definition) is 4. The minimum absolute atomic E-state index is 0.0974. The second kappa shape index (κ2) is 3.72. The van der Waals surface area contributed by atoms with Crippen molar-refractivity contribution in [3.63, 3.8) is 0 Å². The first-order valence-corrected chi connectivity index (χ1v) is 3.43. The Kier molecular flexibility index (Phi) is 2.65. The minimum Gasteiger partial charge on any atom is -0.396 e. The number of aromatic amines is 1. The molecule has 0 aliphatic rings. The zero-order valence-corrected chi connectivity index (χ0v) is 6.37. The monoisotopic (exact) mass is 170 g/mol. The summed E-state index contributed by atoms with van der Waals surface area (Å²) < 4.78 is 0. The summed E-state index contributed by atoms with van der Waals surface area (Å²) in [5.41, 5.74) is 5.92. The summed E-state index contributed by atoms with van der Waals surface area (Å²) in [4.78, 5) is 11.1. The van der Waals surface area contributed by atoms with Gasteiger partial charge in [-0.1, -0.05) is 0 Å². The van der Waals surface area contributed by atoms with Crippen molar-refractivity contribution in [2.45, 2.75) is 0 Å². The molecule has 6 nitrogen and oxygen atoms in total. The molecule has 1 rings (SSSR count). The second-order valence-corrected chi connectivity index (χ2v) is 2.18. The average molecular weight is 170 g/mol. The van der Waals surface area contributed by atoms with Gasteiger partial charge in [-0.3, -0.25) is 9.89 Å². The molecular formula is C6H10N4O2. The molecule has 0 aromatic carbocycles. The molecule has 0 saturated carbocycles. The molecule has 5 N–H and O–H groups in total. The Labute approximate surface area is 68.8 Å². The van der Waals surface area contributed by atoms with E-state index in [0.29, 0.717) is 5.69 Å². The van der Waals surface area contributed by atoms with Gasteiger partial charge in [0.05, 0.1) is 18.5 Å². The fourth-order valence-corrected chi connectivity index (χ4v) is 0.735. The molecule has 0 atom stereocenters. The van der Waals surface area contributed by atoms with Gasteiger partial charge in [0.2, 0.25) is 0 Å². The Morgan fingerprint density at radius 3 is 3.08 bits per heavy atom. The van der Waals surface area contributed by atoms with Crippen LogP contribution in [0, 0.1) is 0 Å². The fourth-order valence-electron chi connectivity index (χ4n) is 0.735. The van der Waals surface area contributed by atoms with Crippen LogP contribution >= 0.6 is 0 Å². The standard InChI is InChI=1S/C6H10N4O2/c7-4-3-9-10-5(4)6(12)8-1-2-11/h3,11H,1-2,7H2,(H,8,12)(H,9,10). The summed E-state index contributed by atoms with van der Waals surface area (Å²) in [6.07, 6.45) is 1.36. The van der Waals surface area contributed by atoms with Crippen molar-refractivity contribution in [2.75, 3.05) is 18.9 Å². The Bertz CT molecular complexity index is 270. The van der Waals surface area contributed by atoms with Gasteiger partial charge in [0.1, 0.15) is 5.69 Å². The number of H-pyrrole nitrogens is 1. The summed E-state index contributed by atoms with van der Waals surface area (Å²) in [5.74, 6) is -0.362. The number of carbonyl (C=O) groups excluding carboxylic acids is 1. The third-order valence-corrected chi connectivity index (χ3v) is 1.29. The Balaban J connectivity index is 2.59. The smallest absolute Gasteiger partial charge is 0.271 e. The number of carbonyl (C=O) groups is 1. The van der Waals surface area contributed by atoms with Gasteiger partial charge in [-0.05, 0) is 0 Å². The van der Waals surface area contributed by atoms with E-state index in [-0.39, 0.29) is 24.8 Å². The van der Waals surface area contributed by atoms with Gasteiger partial charge in [0, 0.05) is 6.54 Å². The highest BCUT2D eigenvalue weighted by Gasteiger charge is 2.09. The lowest BCUT2D eigenvalue weighted by molar-refractivity contribution is 0.0940. The molecule has 0 spiro atoms. The third kappa shape index (κ3) is 1.73. The predicted molar refractivity (Wildman–Crippen MR) is 42.4 cm³/mol. The molecule has 0 fully saturated rings. The van der Waals surface area contributed by atoms with Crippen LogP contribution in [-0.2, 0) is 0 Å². The quantitative estimate of drug-likeness (QED) is 0.453. The Hall–Kier alpha value is -1.56. The molecule has 0 aliphatic heterocycles. The number of aliphatic hydroxyl groups is 1. The number of rotatable bonds is 3. The van der Waals surface area contributed by atoms with Crippen LogP contribution in [0.1, 0.15) is 10.5 Å². The van der Waals surface area contributed by atoms with Gasteiger partial charge in [-0.25, -0.2) is 0 Å². The van der Waals surface area contributed by atoms with Crippen LogP contribution < -0.4 is 11.1 Å². The molecule has 1 aromatic rings. The van der Waals surface area contributed by atoms with Gasteiger partial charge in [-0.15, -0.1) is 0 Å². The highest BCUT2D eigenvalue weighted by atomic mass is 16.3. The van der Waals surface area contributed by atoms with Gasteiger partial charge >= 0.3 is 0 Å². The number of anilines is 1. The van der Waals surface area contributed by atoms with E-state index in [9.17, 15) is 4.79 Å². The molecular weight excluding hydrogens is 160 g/mol. The number of nitrogens with zero attached hydrogens (tertiary/aromatic N) is 1. The second-order valence-electron chi connectivity index (χ2n) is 2.18. The van der Waals surface area contributed by atoms with E-state index in [2.05, 4.69) is 15.5 Å². The van der Waals surface area contributed by atoms with Gasteiger partial charge in [0.25, 0.3) is 5.91 Å². The van der Waals surface area contributed by atoms with Crippen molar-refractivity contribution in [2.24, 2.45) is 0 Å². The first-order valence-electron chi connectivity index (χ1n) is 3.43. The van der Waals surface area contributed by atoms with Gasteiger partial charge in [0.15, 0.2) is 0 Å². The van der Waals surface area contributed by atoms with E-state index in [4.69, 9.17) is 10.8 Å². The van der Waals surface area contributed by atoms with Gasteiger partial charge in [-0.2, -0.15) is 5.10 Å². The van der Waals surface area contributed by atoms with Crippen LogP contribution in [0.25, 0.3) is 0 Å². The van der Waals surface area contributed by atoms with Crippen LogP contribution in [0.4, 0.5) is 5.69 Å². The summed E-state index contributed by atoms with van der Waals surface area (Å²) in [5, 5.41) is 16.9. The van der Waals surface area contributed by atoms with Crippen molar-refractivity contribution in [3.8, 4) is 0 Å². The van der Waals surface area contributed by atoms with Crippen LogP contribution in [0.15, 0.2) is 6.20 Å². The van der Waals surface area contributed by atoms with E-state index in [1.54, 1.807) is 0 Å². The topological polar surface area (TPSA) is 104 Å². The lowest BCUT2D eigenvalue weighted by Gasteiger charge is -2.00. The molecule has 12 heavy (non-hydrogen) atoms. The van der Waals surface area contributed by atoms with Crippen molar-refractivity contribution >= 4 is 11.6 Å². The number of aromatic nitrogens is 2. The maximum absolute atomic E-state index is 11.1. The van der Waals surface area contributed by atoms with E-state index in [1.807, 2.05) is 0 Å². The molecule has 66 valence electrons. The lowest BCUT2D eigenvalue weighted by Crippen LogP contribution is -2.27. The fraction of sp³-hybridized carbons (Fsp3) is 0.333. The lowest BCUT2D eigenvalue weighted by atomic mass is 10.3. The number of nitrogens with one attached hydrogen (secondary N) is 2. The molecule has 0 saturated heterocycles. The maximum atomic E-state index is 11.1. The summed E-state index contributed by atoms with van der Waals surface area (Å²) >= 11 is 0. The molecule has 0 unspecified atom stereocenters. The number of aliphatic hydroxyl groups excluding tert-OH is 1. The third-order valence-electron chi connectivity index (χ3n) is 1.29. The van der Waals surface area contributed by atoms with Crippen LogP contribution in [0.2, 0.25) is 0 Å². The number of nitrogens with two attached hydrogens (primary N) is 1. The zero-order valence-electron chi connectivity index (χ0n) is 6.37. The highest BCUT2D eigenvalue weighted by molar-refractivity contribution is 5.96. The molecule has 1 aromatic heterocycles. The summed E-state index contributed by atoms with van der Waals surface area (Å²) in [6, 6.07) is 0. The summed E-state index contributed by atoms with van der Waals surface area (Å²) in [7, 11) is 0. The van der Waals surface area contributed by atoms with Crippen molar-refractivity contribution in [1.29, 1.82) is 0 Å². The van der Waals surface area contributed by atoms with Crippen LogP contribution in [-0.4, -0.2) is 34.4 Å². The predicted octanol–water partition coefficient (Wildman–Crippen LogP) is -1.29. The molecule has 6 heteroatoms. The van der Waals surface area contributed by atoms with E-state index < -0.39 is 0 Å².